The van der Waals surface area contributed by atoms with Gasteiger partial charge in [0.05, 0.1) is 12.7 Å². The molecule has 2 rings (SSSR count). The Labute approximate surface area is 139 Å². The zero-order valence-electron chi connectivity index (χ0n) is 13.3. The van der Waals surface area contributed by atoms with Crippen LogP contribution in [0.15, 0.2) is 24.3 Å². The van der Waals surface area contributed by atoms with E-state index < -0.39 is 16.2 Å². The summed E-state index contributed by atoms with van der Waals surface area (Å²) in [5.41, 5.74) is 0.657. The van der Waals surface area contributed by atoms with Crippen LogP contribution in [0, 0.1) is 16.7 Å². The van der Waals surface area contributed by atoms with Gasteiger partial charge in [-0.25, -0.2) is 0 Å². The molecule has 0 radical (unpaired) electrons. The first-order valence-electron chi connectivity index (χ1n) is 7.75. The van der Waals surface area contributed by atoms with Crippen LogP contribution >= 0.6 is 0 Å². The van der Waals surface area contributed by atoms with Crippen LogP contribution in [0.25, 0.3) is 0 Å². The number of amides is 1. The lowest BCUT2D eigenvalue weighted by Gasteiger charge is -2.19. The number of methoxy groups -OCH3 is 1. The normalized spacial score (nSPS) is 17.4. The molecular weight excluding hydrogens is 312 g/mol. The number of carbonyl (C=O) groups excluding carboxylic acids is 1. The largest absolute Gasteiger partial charge is 0.384 e. The molecular formula is C17H22N2O3S. The van der Waals surface area contributed by atoms with E-state index >= 15 is 0 Å². The molecule has 6 heteroatoms. The Morgan fingerprint density at radius 1 is 1.43 bits per heavy atom. The average molecular weight is 334 g/mol. The van der Waals surface area contributed by atoms with Crippen molar-refractivity contribution in [3.63, 3.8) is 0 Å². The number of hydrogen-bond acceptors (Lipinski definition) is 4. The van der Waals surface area contributed by atoms with Crippen LogP contribution < -0.4 is 5.32 Å². The molecule has 1 aliphatic carbocycles. The summed E-state index contributed by atoms with van der Waals surface area (Å²) < 4.78 is 16.8. The summed E-state index contributed by atoms with van der Waals surface area (Å²) in [7, 11) is 0.591. The molecule has 0 heterocycles. The maximum atomic E-state index is 12.4. The summed E-state index contributed by atoms with van der Waals surface area (Å²) in [5.74, 6) is 0.691. The topological polar surface area (TPSA) is 79.2 Å². The van der Waals surface area contributed by atoms with Gasteiger partial charge in [0.1, 0.15) is 5.41 Å². The van der Waals surface area contributed by atoms with Gasteiger partial charge in [0.2, 0.25) is 5.91 Å². The highest BCUT2D eigenvalue weighted by Crippen LogP contribution is 2.38. The lowest BCUT2D eigenvalue weighted by Crippen LogP contribution is -2.32. The number of anilines is 1. The molecule has 1 saturated carbocycles. The maximum absolute atomic E-state index is 12.4. The van der Waals surface area contributed by atoms with Gasteiger partial charge in [-0.3, -0.25) is 9.00 Å². The summed E-state index contributed by atoms with van der Waals surface area (Å²) >= 11 is 0. The predicted molar refractivity (Wildman–Crippen MR) is 90.2 cm³/mol. The van der Waals surface area contributed by atoms with Gasteiger partial charge in [-0.2, -0.15) is 5.26 Å². The first-order valence-corrected chi connectivity index (χ1v) is 9.24. The summed E-state index contributed by atoms with van der Waals surface area (Å²) in [6.45, 7) is 0.466. The summed E-state index contributed by atoms with van der Waals surface area (Å²) in [6, 6.07) is 9.52. The number of carbonyl (C=O) groups is 1. The van der Waals surface area contributed by atoms with Crippen LogP contribution in [0.3, 0.4) is 0 Å². The van der Waals surface area contributed by atoms with Crippen molar-refractivity contribution in [2.75, 3.05) is 24.8 Å². The van der Waals surface area contributed by atoms with Crippen molar-refractivity contribution in [3.05, 3.63) is 29.8 Å². The third-order valence-corrected chi connectivity index (χ3v) is 5.41. The lowest BCUT2D eigenvalue weighted by atomic mass is 9.87. The van der Waals surface area contributed by atoms with Crippen LogP contribution in [-0.2, 0) is 26.1 Å². The van der Waals surface area contributed by atoms with Crippen molar-refractivity contribution in [2.45, 2.75) is 31.4 Å². The van der Waals surface area contributed by atoms with Crippen LogP contribution in [-0.4, -0.2) is 29.6 Å². The molecule has 1 atom stereocenters. The molecule has 0 aliphatic heterocycles. The molecule has 5 nitrogen and oxygen atoms in total. The van der Waals surface area contributed by atoms with Gasteiger partial charge in [0.25, 0.3) is 0 Å². The van der Waals surface area contributed by atoms with Gasteiger partial charge in [-0.1, -0.05) is 25.0 Å². The van der Waals surface area contributed by atoms with Crippen molar-refractivity contribution in [1.29, 1.82) is 5.26 Å². The smallest absolute Gasteiger partial charge is 0.244 e. The van der Waals surface area contributed by atoms with E-state index in [9.17, 15) is 14.3 Å². The molecule has 1 fully saturated rings. The highest BCUT2D eigenvalue weighted by atomic mass is 32.2. The van der Waals surface area contributed by atoms with Gasteiger partial charge in [0, 0.05) is 35.1 Å². The predicted octanol–water partition coefficient (Wildman–Crippen LogP) is 2.60. The minimum Gasteiger partial charge on any atom is -0.384 e. The van der Waals surface area contributed by atoms with Crippen LogP contribution in [0.2, 0.25) is 0 Å². The Bertz CT molecular complexity index is 619. The molecule has 0 saturated heterocycles. The Balaban J connectivity index is 2.01. The van der Waals surface area contributed by atoms with Gasteiger partial charge >= 0.3 is 0 Å². The van der Waals surface area contributed by atoms with Crippen molar-refractivity contribution in [1.82, 2.24) is 0 Å². The number of rotatable bonds is 7. The van der Waals surface area contributed by atoms with Crippen molar-refractivity contribution in [3.8, 4) is 6.07 Å². The molecule has 1 amide bonds. The Morgan fingerprint density at radius 2 is 2.17 bits per heavy atom. The number of benzene rings is 1. The van der Waals surface area contributed by atoms with Crippen molar-refractivity contribution < 1.29 is 13.7 Å². The van der Waals surface area contributed by atoms with Crippen molar-refractivity contribution in [2.24, 2.45) is 5.41 Å². The minimum absolute atomic E-state index is 0.227. The van der Waals surface area contributed by atoms with Crippen LogP contribution in [0.4, 0.5) is 5.69 Å². The number of hydrogen-bond donors (Lipinski definition) is 1. The average Bonchev–Trinajstić information content (AvgIpc) is 3.03. The fourth-order valence-electron chi connectivity index (χ4n) is 2.79. The van der Waals surface area contributed by atoms with Gasteiger partial charge in [-0.15, -0.1) is 0 Å². The van der Waals surface area contributed by atoms with Gasteiger partial charge in [-0.05, 0) is 30.5 Å². The second-order valence-electron chi connectivity index (χ2n) is 5.84. The Kier molecular flexibility index (Phi) is 6.31. The molecule has 1 aliphatic rings. The molecule has 1 unspecified atom stereocenters. The number of nitriles is 1. The molecule has 23 heavy (non-hydrogen) atoms. The van der Waals surface area contributed by atoms with Crippen LogP contribution in [0.5, 0.6) is 0 Å². The van der Waals surface area contributed by atoms with E-state index in [0.29, 0.717) is 36.6 Å². The zero-order chi connectivity index (χ0) is 16.7. The van der Waals surface area contributed by atoms with E-state index in [1.165, 1.54) is 0 Å². The zero-order valence-corrected chi connectivity index (χ0v) is 14.2. The third-order valence-electron chi connectivity index (χ3n) is 4.13. The van der Waals surface area contributed by atoms with E-state index in [2.05, 4.69) is 11.4 Å². The molecule has 1 aromatic carbocycles. The summed E-state index contributed by atoms with van der Waals surface area (Å²) in [6.07, 6.45) is 3.07. The van der Waals surface area contributed by atoms with Gasteiger partial charge < -0.3 is 10.1 Å². The monoisotopic (exact) mass is 334 g/mol. The molecule has 0 spiro atoms. The maximum Gasteiger partial charge on any atom is 0.244 e. The molecule has 1 aromatic rings. The van der Waals surface area contributed by atoms with Crippen molar-refractivity contribution >= 4 is 22.4 Å². The number of nitrogens with zero attached hydrogens (tertiary/aromatic N) is 1. The summed E-state index contributed by atoms with van der Waals surface area (Å²) in [5, 5.41) is 12.2. The Morgan fingerprint density at radius 3 is 2.83 bits per heavy atom. The molecule has 0 bridgehead atoms. The van der Waals surface area contributed by atoms with E-state index in [0.717, 1.165) is 18.4 Å². The second-order valence-corrected chi connectivity index (χ2v) is 7.41. The quantitative estimate of drug-likeness (QED) is 0.831. The first kappa shape index (κ1) is 17.6. The standard InChI is InChI=1S/C17H22N2O3S/c1-22-9-10-23(21)12-14-5-4-6-15(11-14)19-16(20)17(13-18)7-2-3-8-17/h4-6,11H,2-3,7-10,12H2,1H3,(H,19,20). The Hall–Kier alpha value is -1.71. The molecule has 1 N–H and O–H groups in total. The highest BCUT2D eigenvalue weighted by molar-refractivity contribution is 7.84. The lowest BCUT2D eigenvalue weighted by molar-refractivity contribution is -0.122. The molecule has 124 valence electrons. The fraction of sp³-hybridized carbons (Fsp3) is 0.529. The number of nitrogens with one attached hydrogen (secondary N) is 1. The molecule has 0 aromatic heterocycles. The highest BCUT2D eigenvalue weighted by Gasteiger charge is 2.41. The van der Waals surface area contributed by atoms with E-state index in [-0.39, 0.29) is 5.91 Å². The summed E-state index contributed by atoms with van der Waals surface area (Å²) in [4.78, 5) is 12.4. The van der Waals surface area contributed by atoms with E-state index in [4.69, 9.17) is 4.74 Å². The van der Waals surface area contributed by atoms with E-state index in [1.54, 1.807) is 13.2 Å². The van der Waals surface area contributed by atoms with Crippen LogP contribution in [0.1, 0.15) is 31.2 Å². The number of ether oxygens (including phenoxy) is 1. The van der Waals surface area contributed by atoms with E-state index in [1.807, 2.05) is 18.2 Å². The van der Waals surface area contributed by atoms with Gasteiger partial charge in [0.15, 0.2) is 0 Å². The second kappa shape index (κ2) is 8.23. The fourth-order valence-corrected chi connectivity index (χ4v) is 3.84. The third kappa shape index (κ3) is 4.63. The first-order chi connectivity index (χ1) is 11.1. The minimum atomic E-state index is -0.994. The SMILES string of the molecule is COCCS(=O)Cc1cccc(NC(=O)C2(C#N)CCCC2)c1.